The molecule has 0 saturated carbocycles. The molecule has 7 aromatic carbocycles. The Labute approximate surface area is 397 Å². The summed E-state index contributed by atoms with van der Waals surface area (Å²) in [5, 5.41) is 47.9. The van der Waals surface area contributed by atoms with Crippen molar-refractivity contribution >= 4 is 93.4 Å². The fourth-order valence-corrected chi connectivity index (χ4v) is 7.27. The van der Waals surface area contributed by atoms with Crippen LogP contribution >= 0.6 is 0 Å². The third-order valence-corrected chi connectivity index (χ3v) is 10.7. The number of nitrogens with one attached hydrogen (secondary N) is 2. The number of hydrogen-bond donors (Lipinski definition) is 5. The van der Waals surface area contributed by atoms with Gasteiger partial charge in [-0.25, -0.2) is 0 Å². The van der Waals surface area contributed by atoms with Gasteiger partial charge in [0.05, 0.1) is 22.7 Å². The molecule has 2 amide bonds. The first kappa shape index (κ1) is 47.5. The van der Waals surface area contributed by atoms with Crippen LogP contribution in [0.15, 0.2) is 152 Å². The number of benzene rings is 7. The normalized spacial score (nSPS) is 11.7. The Hall–Kier alpha value is -5.58. The fraction of sp³-hybridized carbons (Fsp3) is 0.0244. The van der Waals surface area contributed by atoms with Crippen molar-refractivity contribution < 1.29 is 105 Å². The van der Waals surface area contributed by atoms with Crippen LogP contribution < -0.4 is 85.7 Å². The number of carbonyl (C=O) groups excluding carboxylic acids is 2. The van der Waals surface area contributed by atoms with E-state index in [1.54, 1.807) is 36.4 Å². The Bertz CT molecular complexity index is 3170. The van der Waals surface area contributed by atoms with Crippen LogP contribution in [-0.4, -0.2) is 37.8 Å². The number of nitrogen functional groups attached to an aromatic ring is 1. The number of azo groups is 2. The molecule has 0 radical (unpaired) electrons. The molecule has 0 aliphatic rings. The van der Waals surface area contributed by atoms with Crippen LogP contribution in [0.4, 0.5) is 39.8 Å². The van der Waals surface area contributed by atoms with Crippen molar-refractivity contribution in [1.29, 1.82) is 0 Å². The van der Waals surface area contributed by atoms with Crippen molar-refractivity contribution in [2.45, 2.75) is 16.7 Å². The molecule has 0 heterocycles. The first-order valence-corrected chi connectivity index (χ1v) is 20.3. The Morgan fingerprint density at radius 1 is 0.548 bits per heavy atom. The number of nitrogens with two attached hydrogens (primary N) is 1. The van der Waals surface area contributed by atoms with Crippen LogP contribution in [0.3, 0.4) is 0 Å². The number of hydrogen-bond acceptors (Lipinski definition) is 13. The van der Waals surface area contributed by atoms with Crippen LogP contribution in [0.1, 0.15) is 26.3 Å². The zero-order valence-electron chi connectivity index (χ0n) is 32.9. The van der Waals surface area contributed by atoms with Crippen LogP contribution in [0, 0.1) is 6.92 Å². The van der Waals surface area contributed by atoms with E-state index in [4.69, 9.17) is 5.73 Å². The second kappa shape index (κ2) is 19.2. The van der Waals surface area contributed by atoms with E-state index < -0.39 is 64.7 Å². The van der Waals surface area contributed by atoms with Gasteiger partial charge in [-0.2, -0.15) is 27.1 Å². The van der Waals surface area contributed by atoms with Crippen molar-refractivity contribution in [1.82, 2.24) is 0 Å². The van der Waals surface area contributed by atoms with Gasteiger partial charge in [0.2, 0.25) is 0 Å². The smallest absolute Gasteiger partial charge is 0.871 e. The molecule has 0 unspecified atom stereocenters. The molecule has 21 heteroatoms. The molecule has 0 spiro atoms. The zero-order valence-corrected chi connectivity index (χ0v) is 38.5. The predicted octanol–water partition coefficient (Wildman–Crippen LogP) is 1.87. The molecule has 6 N–H and O–H groups in total. The van der Waals surface area contributed by atoms with E-state index >= 15 is 0 Å². The molecule has 0 atom stereocenters. The monoisotopic (exact) mass is 889 g/mol. The average Bonchev–Trinajstić information content (AvgIpc) is 3.20. The van der Waals surface area contributed by atoms with Crippen LogP contribution in [0.5, 0.6) is 11.5 Å². The number of fused-ring (bicyclic) bond motifs is 2. The van der Waals surface area contributed by atoms with E-state index in [2.05, 4.69) is 31.1 Å². The van der Waals surface area contributed by atoms with Crippen molar-refractivity contribution in [3.05, 3.63) is 138 Å². The minimum absolute atomic E-state index is 0. The number of anilines is 3. The molecule has 7 rings (SSSR count). The second-order valence-electron chi connectivity index (χ2n) is 13.2. The molecule has 62 heavy (non-hydrogen) atoms. The van der Waals surface area contributed by atoms with Gasteiger partial charge in [0.15, 0.2) is 0 Å². The van der Waals surface area contributed by atoms with Gasteiger partial charge in [-0.3, -0.25) is 18.7 Å². The largest absolute Gasteiger partial charge is 1.00 e. The Kier molecular flexibility index (Phi) is 14.7. The molecule has 0 aromatic heterocycles. The molecule has 0 aliphatic heterocycles. The topological polar surface area (TPSA) is 289 Å². The Morgan fingerprint density at radius 3 is 1.31 bits per heavy atom. The van der Waals surface area contributed by atoms with E-state index in [0.717, 1.165) is 17.7 Å². The van der Waals surface area contributed by atoms with Gasteiger partial charge in [-0.1, -0.05) is 41.3 Å². The summed E-state index contributed by atoms with van der Waals surface area (Å²) in [4.78, 5) is 24.3. The van der Waals surface area contributed by atoms with Crippen LogP contribution in [0.2, 0.25) is 0 Å². The van der Waals surface area contributed by atoms with E-state index in [9.17, 15) is 45.7 Å². The van der Waals surface area contributed by atoms with Gasteiger partial charge < -0.3 is 26.6 Å². The summed E-state index contributed by atoms with van der Waals surface area (Å²) in [6.07, 6.45) is 0. The Morgan fingerprint density at radius 2 is 0.919 bits per heavy atom. The van der Waals surface area contributed by atoms with Crippen LogP contribution in [-0.2, 0) is 20.2 Å². The third kappa shape index (κ3) is 10.7. The molecule has 17 nitrogen and oxygen atoms in total. The summed E-state index contributed by atoms with van der Waals surface area (Å²) in [6.45, 7) is 1.86. The molecule has 0 saturated heterocycles. The molecule has 302 valence electrons. The molecular formula is C41H29N7Na2O10S2. The minimum Gasteiger partial charge on any atom is -0.871 e. The van der Waals surface area contributed by atoms with E-state index in [0.29, 0.717) is 16.9 Å². The van der Waals surface area contributed by atoms with E-state index in [1.807, 2.05) is 6.92 Å². The maximum absolute atomic E-state index is 13.4. The van der Waals surface area contributed by atoms with Gasteiger partial charge in [0, 0.05) is 28.2 Å². The molecular weight excluding hydrogens is 861 g/mol. The van der Waals surface area contributed by atoms with Crippen LogP contribution in [0.25, 0.3) is 21.5 Å². The first-order valence-electron chi connectivity index (χ1n) is 17.4. The summed E-state index contributed by atoms with van der Waals surface area (Å²) >= 11 is 0. The molecule has 0 fully saturated rings. The summed E-state index contributed by atoms with van der Waals surface area (Å²) in [7, 11) is -9.93. The third-order valence-electron chi connectivity index (χ3n) is 9.00. The van der Waals surface area contributed by atoms with Crippen molar-refractivity contribution in [3.8, 4) is 11.5 Å². The van der Waals surface area contributed by atoms with E-state index in [1.165, 1.54) is 72.8 Å². The predicted molar refractivity (Wildman–Crippen MR) is 219 cm³/mol. The number of carbonyl (C=O) groups is 2. The van der Waals surface area contributed by atoms with Gasteiger partial charge in [-0.05, 0) is 126 Å². The zero-order chi connectivity index (χ0) is 42.9. The number of rotatable bonds is 10. The minimum atomic E-state index is -5.00. The van der Waals surface area contributed by atoms with Gasteiger partial charge >= 0.3 is 59.1 Å². The Balaban J connectivity index is 0.00000363. The SMILES string of the molecule is Cc1ccc(N=Nc2c(S(=O)(=O)O)cc3cc(NC(=O)c4ccc(N=Nc5c(S(=O)(=O)O)cc6cc(NC(=O)c7ccc(N)cc7)ccc6c5[O-])cc4)ccc3c2[O-])cc1.[Na+].[Na+]. The van der Waals surface area contributed by atoms with Crippen molar-refractivity contribution in [2.24, 2.45) is 20.5 Å². The molecule has 7 aromatic rings. The molecule has 0 bridgehead atoms. The van der Waals surface area contributed by atoms with Gasteiger partial charge in [-0.15, -0.1) is 10.2 Å². The maximum Gasteiger partial charge on any atom is 1.00 e. The summed E-state index contributed by atoms with van der Waals surface area (Å²) < 4.78 is 69.3. The fourth-order valence-electron chi connectivity index (χ4n) is 5.96. The molecule has 0 aliphatic carbocycles. The quantitative estimate of drug-likeness (QED) is 0.0572. The first-order chi connectivity index (χ1) is 28.4. The second-order valence-corrected chi connectivity index (χ2v) is 16.0. The van der Waals surface area contributed by atoms with Gasteiger partial charge in [0.1, 0.15) is 9.79 Å². The number of amides is 2. The standard InChI is InChI=1S/C41H31N7O10S2.2Na/c1-22-2-10-28(11-3-22)45-47-36-34(59(53,54)55)20-26-19-31(15-17-32(26)38(36)49)44-41(52)24-6-12-29(13-7-24)46-48-37-35(60(56,57)58)21-25-18-30(14-16-33(25)39(37)50)43-40(51)23-4-8-27(42)9-5-23;;/h2-21,49-50H,42H2,1H3,(H,43,51)(H,44,52)(H,53,54,55)(H,56,57,58);;/q;2*+1/p-2. The summed E-state index contributed by atoms with van der Waals surface area (Å²) in [5.74, 6) is -2.81. The van der Waals surface area contributed by atoms with Crippen molar-refractivity contribution in [3.63, 3.8) is 0 Å². The number of aryl methyl sites for hydroxylation is 1. The maximum atomic E-state index is 13.4. The summed E-state index contributed by atoms with van der Waals surface area (Å²) in [5.41, 5.74) is 7.06. The number of nitrogens with zero attached hydrogens (tertiary/aromatic N) is 4. The van der Waals surface area contributed by atoms with Gasteiger partial charge in [0.25, 0.3) is 32.1 Å². The summed E-state index contributed by atoms with van der Waals surface area (Å²) in [6, 6.07) is 28.6. The average molecular weight is 890 g/mol. The van der Waals surface area contributed by atoms with E-state index in [-0.39, 0.29) is 103 Å². The van der Waals surface area contributed by atoms with Crippen molar-refractivity contribution in [2.75, 3.05) is 16.4 Å².